The van der Waals surface area contributed by atoms with Gasteiger partial charge in [-0.15, -0.1) is 0 Å². The van der Waals surface area contributed by atoms with E-state index in [0.717, 1.165) is 5.70 Å². The van der Waals surface area contributed by atoms with E-state index in [-0.39, 0.29) is 12.3 Å². The molecule has 0 saturated heterocycles. The minimum Gasteiger partial charge on any atom is -0.390 e. The fourth-order valence-electron chi connectivity index (χ4n) is 1.94. The summed E-state index contributed by atoms with van der Waals surface area (Å²) in [6.07, 6.45) is 1.21. The molecule has 4 heteroatoms. The standard InChI is InChI=1S/C14H17NO3/c16-12-7-6-11(8-13(12)17)15-9-14(18)10-4-2-1-3-5-10/h1-5,8,12-13,15-17H,6-7,9H2. The molecule has 1 aromatic carbocycles. The number of hydrogen-bond donors (Lipinski definition) is 3. The Morgan fingerprint density at radius 2 is 2.00 bits per heavy atom. The van der Waals surface area contributed by atoms with Gasteiger partial charge in [0.2, 0.25) is 0 Å². The largest absolute Gasteiger partial charge is 0.390 e. The van der Waals surface area contributed by atoms with Crippen LogP contribution >= 0.6 is 0 Å². The van der Waals surface area contributed by atoms with Gasteiger partial charge in [-0.2, -0.15) is 0 Å². The molecule has 0 aromatic heterocycles. The Labute approximate surface area is 106 Å². The van der Waals surface area contributed by atoms with Gasteiger partial charge in [0.05, 0.1) is 18.8 Å². The summed E-state index contributed by atoms with van der Waals surface area (Å²) in [4.78, 5) is 11.8. The highest BCUT2D eigenvalue weighted by Crippen LogP contribution is 2.16. The average Bonchev–Trinajstić information content (AvgIpc) is 2.41. The van der Waals surface area contributed by atoms with Crippen molar-refractivity contribution in [3.63, 3.8) is 0 Å². The molecular formula is C14H17NO3. The molecule has 0 saturated carbocycles. The zero-order valence-corrected chi connectivity index (χ0v) is 10.0. The summed E-state index contributed by atoms with van der Waals surface area (Å²) in [5.41, 5.74) is 1.49. The van der Waals surface area contributed by atoms with Crippen molar-refractivity contribution >= 4 is 5.78 Å². The minimum absolute atomic E-state index is 0.0112. The van der Waals surface area contributed by atoms with E-state index in [2.05, 4.69) is 5.32 Å². The molecule has 0 bridgehead atoms. The summed E-state index contributed by atoms with van der Waals surface area (Å²) in [6.45, 7) is 0.207. The third-order valence-electron chi connectivity index (χ3n) is 3.05. The van der Waals surface area contributed by atoms with Crippen LogP contribution < -0.4 is 5.32 Å². The zero-order valence-electron chi connectivity index (χ0n) is 10.0. The van der Waals surface area contributed by atoms with Crippen LogP contribution in [0.3, 0.4) is 0 Å². The number of aliphatic hydroxyl groups excluding tert-OH is 2. The van der Waals surface area contributed by atoms with Crippen LogP contribution in [0.5, 0.6) is 0 Å². The lowest BCUT2D eigenvalue weighted by atomic mass is 9.99. The van der Waals surface area contributed by atoms with Gasteiger partial charge >= 0.3 is 0 Å². The predicted molar refractivity (Wildman–Crippen MR) is 68.1 cm³/mol. The maximum absolute atomic E-state index is 11.8. The lowest BCUT2D eigenvalue weighted by molar-refractivity contribution is 0.0363. The van der Waals surface area contributed by atoms with Gasteiger partial charge in [-0.25, -0.2) is 0 Å². The van der Waals surface area contributed by atoms with Crippen molar-refractivity contribution in [1.29, 1.82) is 0 Å². The number of aliphatic hydroxyl groups is 2. The van der Waals surface area contributed by atoms with Crippen molar-refractivity contribution in [3.8, 4) is 0 Å². The molecule has 1 aromatic rings. The number of hydrogen-bond acceptors (Lipinski definition) is 4. The molecule has 96 valence electrons. The minimum atomic E-state index is -0.840. The predicted octanol–water partition coefficient (Wildman–Crippen LogP) is 0.858. The van der Waals surface area contributed by atoms with Crippen molar-refractivity contribution in [2.24, 2.45) is 0 Å². The normalized spacial score (nSPS) is 23.3. The maximum Gasteiger partial charge on any atom is 0.181 e. The monoisotopic (exact) mass is 247 g/mol. The SMILES string of the molecule is O=C(CNC1=CC(O)C(O)CC1)c1ccccc1. The number of rotatable bonds is 4. The smallest absolute Gasteiger partial charge is 0.181 e. The van der Waals surface area contributed by atoms with Crippen LogP contribution in [0.2, 0.25) is 0 Å². The summed E-state index contributed by atoms with van der Waals surface area (Å²) in [6, 6.07) is 9.07. The van der Waals surface area contributed by atoms with Crippen molar-refractivity contribution in [2.75, 3.05) is 6.54 Å². The Hall–Kier alpha value is -1.65. The van der Waals surface area contributed by atoms with E-state index in [9.17, 15) is 15.0 Å². The van der Waals surface area contributed by atoms with Gasteiger partial charge in [0.1, 0.15) is 0 Å². The van der Waals surface area contributed by atoms with Crippen LogP contribution in [0.4, 0.5) is 0 Å². The molecule has 3 N–H and O–H groups in total. The van der Waals surface area contributed by atoms with Crippen LogP contribution in [0.1, 0.15) is 23.2 Å². The summed E-state index contributed by atoms with van der Waals surface area (Å²) in [5, 5.41) is 21.9. The molecule has 2 atom stereocenters. The number of Topliss-reactive ketones (excluding diaryl/α,β-unsaturated/α-hetero) is 1. The highest BCUT2D eigenvalue weighted by atomic mass is 16.3. The Balaban J connectivity index is 1.89. The lowest BCUT2D eigenvalue weighted by Crippen LogP contribution is -2.32. The van der Waals surface area contributed by atoms with Gasteiger partial charge in [0.25, 0.3) is 0 Å². The van der Waals surface area contributed by atoms with Crippen LogP contribution in [0, 0.1) is 0 Å². The van der Waals surface area contributed by atoms with Gasteiger partial charge < -0.3 is 15.5 Å². The summed E-state index contributed by atoms with van der Waals surface area (Å²) in [7, 11) is 0. The number of carbonyl (C=O) groups excluding carboxylic acids is 1. The van der Waals surface area contributed by atoms with Crippen LogP contribution in [-0.2, 0) is 0 Å². The Morgan fingerprint density at radius 1 is 1.28 bits per heavy atom. The van der Waals surface area contributed by atoms with E-state index < -0.39 is 12.2 Å². The molecule has 0 amide bonds. The van der Waals surface area contributed by atoms with Gasteiger partial charge in [-0.05, 0) is 18.9 Å². The number of allylic oxidation sites excluding steroid dienone is 1. The second-order valence-electron chi connectivity index (χ2n) is 4.43. The number of nitrogens with one attached hydrogen (secondary N) is 1. The van der Waals surface area contributed by atoms with Gasteiger partial charge in [-0.3, -0.25) is 4.79 Å². The highest BCUT2D eigenvalue weighted by Gasteiger charge is 2.20. The molecule has 0 spiro atoms. The van der Waals surface area contributed by atoms with Crippen LogP contribution in [0.25, 0.3) is 0 Å². The third-order valence-corrected chi connectivity index (χ3v) is 3.05. The zero-order chi connectivity index (χ0) is 13.0. The van der Waals surface area contributed by atoms with Crippen LogP contribution in [0.15, 0.2) is 42.1 Å². The second kappa shape index (κ2) is 5.80. The first-order chi connectivity index (χ1) is 8.66. The second-order valence-corrected chi connectivity index (χ2v) is 4.43. The van der Waals surface area contributed by atoms with Crippen molar-refractivity contribution in [2.45, 2.75) is 25.0 Å². The van der Waals surface area contributed by atoms with Gasteiger partial charge in [0.15, 0.2) is 5.78 Å². The number of carbonyl (C=O) groups is 1. The molecule has 0 aliphatic heterocycles. The van der Waals surface area contributed by atoms with E-state index in [1.807, 2.05) is 18.2 Å². The molecule has 18 heavy (non-hydrogen) atoms. The first kappa shape index (κ1) is 12.8. The molecule has 0 heterocycles. The summed E-state index contributed by atoms with van der Waals surface area (Å²) < 4.78 is 0. The lowest BCUT2D eigenvalue weighted by Gasteiger charge is -2.23. The number of benzene rings is 1. The molecule has 4 nitrogen and oxygen atoms in total. The Bertz CT molecular complexity index is 442. The fraction of sp³-hybridized carbons (Fsp3) is 0.357. The van der Waals surface area contributed by atoms with Crippen molar-refractivity contribution in [3.05, 3.63) is 47.7 Å². The first-order valence-corrected chi connectivity index (χ1v) is 6.06. The molecule has 2 rings (SSSR count). The molecular weight excluding hydrogens is 230 g/mol. The Morgan fingerprint density at radius 3 is 2.67 bits per heavy atom. The molecule has 0 radical (unpaired) electrons. The molecule has 2 unspecified atom stereocenters. The van der Waals surface area contributed by atoms with E-state index in [4.69, 9.17) is 0 Å². The molecule has 0 fully saturated rings. The molecule has 1 aliphatic rings. The van der Waals surface area contributed by atoms with E-state index in [0.29, 0.717) is 18.4 Å². The third kappa shape index (κ3) is 3.18. The summed E-state index contributed by atoms with van der Waals surface area (Å²) in [5.74, 6) is 0.0112. The quantitative estimate of drug-likeness (QED) is 0.690. The molecule has 1 aliphatic carbocycles. The van der Waals surface area contributed by atoms with Crippen molar-refractivity contribution < 1.29 is 15.0 Å². The van der Waals surface area contributed by atoms with Crippen molar-refractivity contribution in [1.82, 2.24) is 5.32 Å². The van der Waals surface area contributed by atoms with E-state index in [1.165, 1.54) is 0 Å². The topological polar surface area (TPSA) is 69.6 Å². The van der Waals surface area contributed by atoms with Gasteiger partial charge in [0, 0.05) is 11.3 Å². The van der Waals surface area contributed by atoms with Gasteiger partial charge in [-0.1, -0.05) is 30.3 Å². The van der Waals surface area contributed by atoms with E-state index >= 15 is 0 Å². The number of ketones is 1. The van der Waals surface area contributed by atoms with E-state index in [1.54, 1.807) is 18.2 Å². The highest BCUT2D eigenvalue weighted by molar-refractivity contribution is 5.97. The fourth-order valence-corrected chi connectivity index (χ4v) is 1.94. The Kier molecular flexibility index (Phi) is 4.12. The maximum atomic E-state index is 11.8. The average molecular weight is 247 g/mol. The summed E-state index contributed by atoms with van der Waals surface area (Å²) >= 11 is 0. The van der Waals surface area contributed by atoms with Crippen LogP contribution in [-0.4, -0.2) is 34.7 Å². The first-order valence-electron chi connectivity index (χ1n) is 6.06.